The number of hydrogen-bond acceptors (Lipinski definition) is 3. The second-order valence-electron chi connectivity index (χ2n) is 6.03. The van der Waals surface area contributed by atoms with Gasteiger partial charge >= 0.3 is 0 Å². The van der Waals surface area contributed by atoms with Crippen molar-refractivity contribution >= 4 is 0 Å². The number of nitrogens with one attached hydrogen (secondary N) is 1. The second-order valence-corrected chi connectivity index (χ2v) is 6.03. The molecule has 1 aliphatic carbocycles. The first-order valence-electron chi connectivity index (χ1n) is 7.91. The molecule has 0 amide bonds. The first-order chi connectivity index (χ1) is 9.83. The van der Waals surface area contributed by atoms with E-state index >= 15 is 0 Å². The van der Waals surface area contributed by atoms with Gasteiger partial charge in [-0.05, 0) is 69.1 Å². The van der Waals surface area contributed by atoms with Crippen LogP contribution in [0.1, 0.15) is 42.9 Å². The number of benzene rings is 1. The third-order valence-electron chi connectivity index (χ3n) is 4.95. The predicted octanol–water partition coefficient (Wildman–Crippen LogP) is 2.76. The van der Waals surface area contributed by atoms with E-state index in [1.807, 2.05) is 0 Å². The number of piperidine rings is 1. The molecule has 1 heterocycles. The molecule has 0 radical (unpaired) electrons. The van der Waals surface area contributed by atoms with Crippen molar-refractivity contribution in [1.29, 1.82) is 0 Å². The summed E-state index contributed by atoms with van der Waals surface area (Å²) in [5.74, 6) is 0.975. The maximum absolute atomic E-state index is 5.41. The number of fused-ring (bicyclic) bond motifs is 1. The minimum absolute atomic E-state index is 0.437. The van der Waals surface area contributed by atoms with Crippen molar-refractivity contribution in [2.24, 2.45) is 0 Å². The number of nitrogens with zero attached hydrogens (tertiary/aromatic N) is 1. The van der Waals surface area contributed by atoms with Crippen LogP contribution in [-0.4, -0.2) is 38.2 Å². The fraction of sp³-hybridized carbons (Fsp3) is 0.647. The standard InChI is InChI=1S/C17H26N2O/c1-18-17-15-12-14(20-2)8-6-13(15)7-9-16(17)19-10-4-3-5-11-19/h6,8,12,16-18H,3-5,7,9-11H2,1-2H3. The number of aryl methyl sites for hydroxylation is 1. The predicted molar refractivity (Wildman–Crippen MR) is 82.3 cm³/mol. The highest BCUT2D eigenvalue weighted by atomic mass is 16.5. The zero-order valence-corrected chi connectivity index (χ0v) is 12.7. The SMILES string of the molecule is CNC1c2cc(OC)ccc2CCC1N1CCCCC1. The van der Waals surface area contributed by atoms with Crippen molar-refractivity contribution in [2.45, 2.75) is 44.2 Å². The highest BCUT2D eigenvalue weighted by Gasteiger charge is 2.33. The van der Waals surface area contributed by atoms with E-state index in [2.05, 4.69) is 35.5 Å². The summed E-state index contributed by atoms with van der Waals surface area (Å²) in [5.41, 5.74) is 2.92. The Morgan fingerprint density at radius 1 is 1.20 bits per heavy atom. The topological polar surface area (TPSA) is 24.5 Å². The molecule has 0 bridgehead atoms. The molecular weight excluding hydrogens is 248 g/mol. The van der Waals surface area contributed by atoms with Gasteiger partial charge in [-0.3, -0.25) is 4.90 Å². The minimum Gasteiger partial charge on any atom is -0.497 e. The van der Waals surface area contributed by atoms with E-state index < -0.39 is 0 Å². The van der Waals surface area contributed by atoms with Gasteiger partial charge in [-0.1, -0.05) is 12.5 Å². The molecule has 0 aromatic heterocycles. The molecule has 1 fully saturated rings. The number of rotatable bonds is 3. The van der Waals surface area contributed by atoms with Crippen LogP contribution in [0.15, 0.2) is 18.2 Å². The highest BCUT2D eigenvalue weighted by Crippen LogP contribution is 2.35. The third-order valence-corrected chi connectivity index (χ3v) is 4.95. The van der Waals surface area contributed by atoms with Crippen LogP contribution < -0.4 is 10.1 Å². The number of ether oxygens (including phenoxy) is 1. The van der Waals surface area contributed by atoms with Gasteiger partial charge in [-0.15, -0.1) is 0 Å². The number of likely N-dealkylation sites (N-methyl/N-ethyl adjacent to an activating group) is 1. The molecule has 1 aromatic rings. The van der Waals surface area contributed by atoms with Crippen molar-refractivity contribution in [3.8, 4) is 5.75 Å². The Hall–Kier alpha value is -1.06. The Morgan fingerprint density at radius 2 is 2.00 bits per heavy atom. The normalized spacial score (nSPS) is 27.1. The third kappa shape index (κ3) is 2.57. The summed E-state index contributed by atoms with van der Waals surface area (Å²) in [6.45, 7) is 2.53. The van der Waals surface area contributed by atoms with Crippen LogP contribution in [0.25, 0.3) is 0 Å². The van der Waals surface area contributed by atoms with E-state index in [4.69, 9.17) is 4.74 Å². The van der Waals surface area contributed by atoms with Gasteiger partial charge in [0.05, 0.1) is 7.11 Å². The lowest BCUT2D eigenvalue weighted by molar-refractivity contribution is 0.119. The van der Waals surface area contributed by atoms with Gasteiger partial charge in [0.1, 0.15) is 5.75 Å². The first kappa shape index (κ1) is 13.9. The van der Waals surface area contributed by atoms with Crippen molar-refractivity contribution in [1.82, 2.24) is 10.2 Å². The molecule has 2 atom stereocenters. The Kier molecular flexibility index (Phi) is 4.27. The van der Waals surface area contributed by atoms with Gasteiger partial charge in [-0.2, -0.15) is 0 Å². The number of hydrogen-bond donors (Lipinski definition) is 1. The maximum atomic E-state index is 5.41. The largest absolute Gasteiger partial charge is 0.497 e. The lowest BCUT2D eigenvalue weighted by Gasteiger charge is -2.42. The van der Waals surface area contributed by atoms with Crippen LogP contribution in [0, 0.1) is 0 Å². The van der Waals surface area contributed by atoms with Gasteiger partial charge < -0.3 is 10.1 Å². The molecule has 0 spiro atoms. The Bertz CT molecular complexity index is 454. The number of likely N-dealkylation sites (tertiary alicyclic amines) is 1. The summed E-state index contributed by atoms with van der Waals surface area (Å²) in [7, 11) is 3.84. The molecule has 1 N–H and O–H groups in total. The molecule has 2 unspecified atom stereocenters. The van der Waals surface area contributed by atoms with Gasteiger partial charge in [0, 0.05) is 12.1 Å². The molecule has 3 rings (SSSR count). The van der Waals surface area contributed by atoms with E-state index in [1.54, 1.807) is 7.11 Å². The molecule has 110 valence electrons. The van der Waals surface area contributed by atoms with Crippen LogP contribution in [0.4, 0.5) is 0 Å². The monoisotopic (exact) mass is 274 g/mol. The first-order valence-corrected chi connectivity index (χ1v) is 7.91. The van der Waals surface area contributed by atoms with Gasteiger partial charge in [0.2, 0.25) is 0 Å². The van der Waals surface area contributed by atoms with E-state index in [9.17, 15) is 0 Å². The molecule has 1 aromatic carbocycles. The average molecular weight is 274 g/mol. The fourth-order valence-electron chi connectivity index (χ4n) is 3.89. The Balaban J connectivity index is 1.87. The van der Waals surface area contributed by atoms with Crippen molar-refractivity contribution in [2.75, 3.05) is 27.2 Å². The quantitative estimate of drug-likeness (QED) is 0.917. The van der Waals surface area contributed by atoms with E-state index in [-0.39, 0.29) is 0 Å². The van der Waals surface area contributed by atoms with Crippen LogP contribution in [0.3, 0.4) is 0 Å². The van der Waals surface area contributed by atoms with Crippen LogP contribution in [0.2, 0.25) is 0 Å². The van der Waals surface area contributed by atoms with Crippen molar-refractivity contribution in [3.63, 3.8) is 0 Å². The van der Waals surface area contributed by atoms with Crippen molar-refractivity contribution < 1.29 is 4.74 Å². The molecule has 1 aliphatic heterocycles. The molecule has 2 aliphatic rings. The van der Waals surface area contributed by atoms with Gasteiger partial charge in [-0.25, -0.2) is 0 Å². The van der Waals surface area contributed by atoms with Gasteiger partial charge in [0.25, 0.3) is 0 Å². The van der Waals surface area contributed by atoms with Crippen LogP contribution >= 0.6 is 0 Å². The molecule has 3 heteroatoms. The van der Waals surface area contributed by atoms with Crippen LogP contribution in [0.5, 0.6) is 5.75 Å². The summed E-state index contributed by atoms with van der Waals surface area (Å²) in [5, 5.41) is 3.56. The fourth-order valence-corrected chi connectivity index (χ4v) is 3.89. The molecule has 20 heavy (non-hydrogen) atoms. The van der Waals surface area contributed by atoms with Crippen molar-refractivity contribution in [3.05, 3.63) is 29.3 Å². The molecule has 0 saturated carbocycles. The smallest absolute Gasteiger partial charge is 0.119 e. The summed E-state index contributed by atoms with van der Waals surface area (Å²) in [6.07, 6.45) is 6.58. The summed E-state index contributed by atoms with van der Waals surface area (Å²) >= 11 is 0. The Labute approximate surface area is 122 Å². The molecular formula is C17H26N2O. The van der Waals surface area contributed by atoms with Crippen LogP contribution in [-0.2, 0) is 6.42 Å². The Morgan fingerprint density at radius 3 is 2.70 bits per heavy atom. The lowest BCUT2D eigenvalue weighted by atomic mass is 9.82. The van der Waals surface area contributed by atoms with Gasteiger partial charge in [0.15, 0.2) is 0 Å². The highest BCUT2D eigenvalue weighted by molar-refractivity contribution is 5.40. The summed E-state index contributed by atoms with van der Waals surface area (Å²) in [4.78, 5) is 2.70. The lowest BCUT2D eigenvalue weighted by Crippen LogP contribution is -2.48. The summed E-state index contributed by atoms with van der Waals surface area (Å²) < 4.78 is 5.41. The zero-order chi connectivity index (χ0) is 13.9. The van der Waals surface area contributed by atoms with E-state index in [0.29, 0.717) is 12.1 Å². The van der Waals surface area contributed by atoms with E-state index in [1.165, 1.54) is 56.3 Å². The average Bonchev–Trinajstić information content (AvgIpc) is 2.54. The van der Waals surface area contributed by atoms with E-state index in [0.717, 1.165) is 5.75 Å². The zero-order valence-electron chi connectivity index (χ0n) is 12.7. The minimum atomic E-state index is 0.437. The summed E-state index contributed by atoms with van der Waals surface area (Å²) in [6, 6.07) is 7.64. The molecule has 3 nitrogen and oxygen atoms in total. The maximum Gasteiger partial charge on any atom is 0.119 e. The second kappa shape index (κ2) is 6.15. The number of methoxy groups -OCH3 is 1. The molecule has 1 saturated heterocycles.